The number of nitrogens with one attached hydrogen (secondary N) is 1. The Labute approximate surface area is 135 Å². The van der Waals surface area contributed by atoms with Gasteiger partial charge in [0.2, 0.25) is 5.91 Å². The zero-order chi connectivity index (χ0) is 16.1. The van der Waals surface area contributed by atoms with Crippen LogP contribution < -0.4 is 5.32 Å². The fraction of sp³-hybridized carbons (Fsp3) is 0.625. The number of carbonyl (C=O) groups is 2. The van der Waals surface area contributed by atoms with Gasteiger partial charge in [0.05, 0.1) is 12.6 Å². The van der Waals surface area contributed by atoms with Crippen LogP contribution in [0.1, 0.15) is 49.6 Å². The van der Waals surface area contributed by atoms with E-state index in [1.807, 2.05) is 11.8 Å². The molecule has 1 amide bonds. The molecule has 0 radical (unpaired) electrons. The third kappa shape index (κ3) is 3.67. The number of rotatable bonds is 7. The topological polar surface area (TPSA) is 69.6 Å². The molecule has 6 heteroatoms. The van der Waals surface area contributed by atoms with Gasteiger partial charge in [-0.15, -0.1) is 11.3 Å². The second kappa shape index (κ2) is 7.74. The molecule has 0 saturated carbocycles. The van der Waals surface area contributed by atoms with Crippen LogP contribution in [0.4, 0.5) is 0 Å². The molecule has 2 N–H and O–H groups in total. The summed E-state index contributed by atoms with van der Waals surface area (Å²) >= 11 is 1.76. The second-order valence-corrected chi connectivity index (χ2v) is 6.62. The summed E-state index contributed by atoms with van der Waals surface area (Å²) in [6.45, 7) is 4.84. The minimum Gasteiger partial charge on any atom is -0.480 e. The molecule has 122 valence electrons. The average Bonchev–Trinajstić information content (AvgIpc) is 2.98. The van der Waals surface area contributed by atoms with E-state index >= 15 is 0 Å². The molecule has 1 aliphatic heterocycles. The molecule has 0 bridgehead atoms. The molecule has 0 aromatic carbocycles. The zero-order valence-corrected chi connectivity index (χ0v) is 14.0. The highest BCUT2D eigenvalue weighted by Crippen LogP contribution is 2.35. The van der Waals surface area contributed by atoms with Crippen LogP contribution in [0.25, 0.3) is 0 Å². The van der Waals surface area contributed by atoms with Crippen LogP contribution in [0.2, 0.25) is 0 Å². The number of aliphatic carboxylic acids is 1. The van der Waals surface area contributed by atoms with Gasteiger partial charge in [0, 0.05) is 11.4 Å². The van der Waals surface area contributed by atoms with Gasteiger partial charge in [0.25, 0.3) is 0 Å². The molecule has 1 aromatic heterocycles. The smallest absolute Gasteiger partial charge is 0.320 e. The second-order valence-electron chi connectivity index (χ2n) is 5.62. The first kappa shape index (κ1) is 17.0. The van der Waals surface area contributed by atoms with Crippen LogP contribution in [0.5, 0.6) is 0 Å². The average molecular weight is 324 g/mol. The minimum atomic E-state index is -0.888. The van der Waals surface area contributed by atoms with Gasteiger partial charge < -0.3 is 10.0 Å². The number of nitrogens with zero attached hydrogens (tertiary/aromatic N) is 1. The molecule has 0 aliphatic carbocycles. The van der Waals surface area contributed by atoms with Crippen molar-refractivity contribution in [1.82, 2.24) is 10.2 Å². The van der Waals surface area contributed by atoms with Crippen molar-refractivity contribution in [3.8, 4) is 0 Å². The molecule has 2 heterocycles. The number of amides is 1. The highest BCUT2D eigenvalue weighted by molar-refractivity contribution is 7.10. The Balaban J connectivity index is 1.99. The van der Waals surface area contributed by atoms with E-state index in [1.165, 1.54) is 10.4 Å². The maximum atomic E-state index is 12.5. The zero-order valence-electron chi connectivity index (χ0n) is 13.2. The summed E-state index contributed by atoms with van der Waals surface area (Å²) in [4.78, 5) is 26.9. The third-order valence-electron chi connectivity index (χ3n) is 4.18. The van der Waals surface area contributed by atoms with Crippen molar-refractivity contribution < 1.29 is 14.7 Å². The van der Waals surface area contributed by atoms with E-state index < -0.39 is 12.0 Å². The maximum absolute atomic E-state index is 12.5. The molecule has 1 aliphatic rings. The fourth-order valence-corrected chi connectivity index (χ4v) is 3.98. The quantitative estimate of drug-likeness (QED) is 0.808. The van der Waals surface area contributed by atoms with Crippen LogP contribution in [0.3, 0.4) is 0 Å². The minimum absolute atomic E-state index is 0.00828. The summed E-state index contributed by atoms with van der Waals surface area (Å²) in [5.74, 6) is -0.897. The predicted octanol–water partition coefficient (Wildman–Crippen LogP) is 2.43. The fourth-order valence-electron chi connectivity index (χ4n) is 3.05. The Hall–Kier alpha value is -1.40. The number of hydrogen-bond acceptors (Lipinski definition) is 4. The van der Waals surface area contributed by atoms with Crippen LogP contribution in [-0.2, 0) is 16.0 Å². The molecule has 5 nitrogen and oxygen atoms in total. The predicted molar refractivity (Wildman–Crippen MR) is 87.1 cm³/mol. The van der Waals surface area contributed by atoms with Crippen molar-refractivity contribution in [2.24, 2.45) is 0 Å². The van der Waals surface area contributed by atoms with Gasteiger partial charge in [0.1, 0.15) is 6.04 Å². The molecule has 0 saturated heterocycles. The van der Waals surface area contributed by atoms with E-state index in [2.05, 4.69) is 23.7 Å². The number of thiophene rings is 1. The lowest BCUT2D eigenvalue weighted by atomic mass is 9.97. The monoisotopic (exact) mass is 324 g/mol. The lowest BCUT2D eigenvalue weighted by Gasteiger charge is -2.35. The lowest BCUT2D eigenvalue weighted by Crippen LogP contribution is -2.47. The van der Waals surface area contributed by atoms with Gasteiger partial charge in [-0.2, -0.15) is 0 Å². The Morgan fingerprint density at radius 3 is 2.91 bits per heavy atom. The van der Waals surface area contributed by atoms with Gasteiger partial charge >= 0.3 is 5.97 Å². The number of carbonyl (C=O) groups excluding carboxylic acids is 1. The van der Waals surface area contributed by atoms with Gasteiger partial charge in [-0.1, -0.05) is 20.3 Å². The van der Waals surface area contributed by atoms with Crippen molar-refractivity contribution in [1.29, 1.82) is 0 Å². The number of carboxylic acids is 1. The molecule has 2 atom stereocenters. The van der Waals surface area contributed by atoms with E-state index in [9.17, 15) is 9.59 Å². The van der Waals surface area contributed by atoms with Crippen molar-refractivity contribution in [2.45, 2.75) is 51.6 Å². The summed E-state index contributed by atoms with van der Waals surface area (Å²) < 4.78 is 0. The summed E-state index contributed by atoms with van der Waals surface area (Å²) in [6, 6.07) is 1.59. The molecule has 22 heavy (non-hydrogen) atoms. The first-order valence-corrected chi connectivity index (χ1v) is 8.78. The molecular weight excluding hydrogens is 300 g/mol. The maximum Gasteiger partial charge on any atom is 0.320 e. The summed E-state index contributed by atoms with van der Waals surface area (Å²) in [5.41, 5.74) is 1.26. The molecule has 1 aromatic rings. The van der Waals surface area contributed by atoms with E-state index in [0.717, 1.165) is 25.8 Å². The van der Waals surface area contributed by atoms with Gasteiger partial charge in [0.15, 0.2) is 0 Å². The van der Waals surface area contributed by atoms with Crippen molar-refractivity contribution >= 4 is 23.2 Å². The van der Waals surface area contributed by atoms with Crippen molar-refractivity contribution in [3.05, 3.63) is 21.9 Å². The van der Waals surface area contributed by atoms with Crippen LogP contribution in [-0.4, -0.2) is 41.0 Å². The van der Waals surface area contributed by atoms with Gasteiger partial charge in [-0.3, -0.25) is 14.9 Å². The van der Waals surface area contributed by atoms with Gasteiger partial charge in [-0.25, -0.2) is 0 Å². The van der Waals surface area contributed by atoms with Crippen molar-refractivity contribution in [3.63, 3.8) is 0 Å². The van der Waals surface area contributed by atoms with Crippen LogP contribution >= 0.6 is 11.3 Å². The lowest BCUT2D eigenvalue weighted by molar-refractivity contribution is -0.140. The van der Waals surface area contributed by atoms with Crippen LogP contribution in [0, 0.1) is 0 Å². The highest BCUT2D eigenvalue weighted by Gasteiger charge is 2.30. The first-order chi connectivity index (χ1) is 10.6. The largest absolute Gasteiger partial charge is 0.480 e. The molecule has 2 rings (SSSR count). The van der Waals surface area contributed by atoms with E-state index in [-0.39, 0.29) is 18.5 Å². The van der Waals surface area contributed by atoms with E-state index in [0.29, 0.717) is 6.42 Å². The summed E-state index contributed by atoms with van der Waals surface area (Å²) in [7, 11) is 0. The normalized spacial score (nSPS) is 18.8. The number of hydrogen-bond donors (Lipinski definition) is 2. The Morgan fingerprint density at radius 2 is 2.27 bits per heavy atom. The molecular formula is C16H24N2O3S. The summed E-state index contributed by atoms with van der Waals surface area (Å²) in [6.07, 6.45) is 3.09. The highest BCUT2D eigenvalue weighted by atomic mass is 32.1. The summed E-state index contributed by atoms with van der Waals surface area (Å²) in [5, 5.41) is 14.1. The SMILES string of the molecule is CCCC(NCC(=O)N1CCc2sccc2C1CC)C(=O)O. The van der Waals surface area contributed by atoms with E-state index in [4.69, 9.17) is 5.11 Å². The molecule has 2 unspecified atom stereocenters. The number of fused-ring (bicyclic) bond motifs is 1. The number of carboxylic acid groups (broad SMARTS) is 1. The third-order valence-corrected chi connectivity index (χ3v) is 5.17. The van der Waals surface area contributed by atoms with Crippen LogP contribution in [0.15, 0.2) is 11.4 Å². The molecule has 0 fully saturated rings. The van der Waals surface area contributed by atoms with Crippen molar-refractivity contribution in [2.75, 3.05) is 13.1 Å². The Bertz CT molecular complexity index is 529. The molecule has 0 spiro atoms. The standard InChI is InChI=1S/C16H24N2O3S/c1-3-5-12(16(20)21)17-10-15(19)18-8-6-14-11(7-9-22-14)13(18)4-2/h7,9,12-13,17H,3-6,8,10H2,1-2H3,(H,20,21). The van der Waals surface area contributed by atoms with Gasteiger partial charge in [-0.05, 0) is 36.3 Å². The van der Waals surface area contributed by atoms with E-state index in [1.54, 1.807) is 11.3 Å². The first-order valence-electron chi connectivity index (χ1n) is 7.90. The Morgan fingerprint density at radius 1 is 1.50 bits per heavy atom. The Kier molecular flexibility index (Phi) is 5.97.